The fourth-order valence-corrected chi connectivity index (χ4v) is 3.66. The Hall–Kier alpha value is -2.80. The van der Waals surface area contributed by atoms with E-state index in [9.17, 15) is 14.7 Å². The Kier molecular flexibility index (Phi) is 6.93. The molecule has 1 aromatic carbocycles. The molecule has 0 radical (unpaired) electrons. The average Bonchev–Trinajstić information content (AvgIpc) is 2.75. The summed E-state index contributed by atoms with van der Waals surface area (Å²) in [6, 6.07) is 8.40. The summed E-state index contributed by atoms with van der Waals surface area (Å²) in [7, 11) is 2.87. The molecule has 0 aliphatic carbocycles. The fourth-order valence-electron chi connectivity index (χ4n) is 3.66. The Balaban J connectivity index is 1.98. The summed E-state index contributed by atoms with van der Waals surface area (Å²) in [5.74, 6) is -0.364. The van der Waals surface area contributed by atoms with Gasteiger partial charge in [-0.05, 0) is 43.6 Å². The molecule has 2 aromatic rings. The number of esters is 1. The van der Waals surface area contributed by atoms with Gasteiger partial charge in [-0.2, -0.15) is 0 Å². The number of likely N-dealkylation sites (tertiary alicyclic amines) is 1. The molecular weight excluding hydrogens is 374 g/mol. The largest absolute Gasteiger partial charge is 0.502 e. The summed E-state index contributed by atoms with van der Waals surface area (Å²) < 4.78 is 16.0. The highest BCUT2D eigenvalue weighted by Gasteiger charge is 2.27. The van der Waals surface area contributed by atoms with Gasteiger partial charge in [0.15, 0.2) is 5.76 Å². The summed E-state index contributed by atoms with van der Waals surface area (Å²) in [6.45, 7) is 2.39. The van der Waals surface area contributed by atoms with Crippen molar-refractivity contribution >= 4 is 5.97 Å². The van der Waals surface area contributed by atoms with E-state index in [0.29, 0.717) is 23.6 Å². The Labute approximate surface area is 169 Å². The van der Waals surface area contributed by atoms with Gasteiger partial charge in [0.25, 0.3) is 0 Å². The number of aromatic hydroxyl groups is 1. The number of hydrogen-bond donors (Lipinski definition) is 1. The van der Waals surface area contributed by atoms with E-state index in [4.69, 9.17) is 13.9 Å². The maximum absolute atomic E-state index is 12.4. The third-order valence-corrected chi connectivity index (χ3v) is 5.26. The summed E-state index contributed by atoms with van der Waals surface area (Å²) >= 11 is 0. The van der Waals surface area contributed by atoms with Crippen LogP contribution in [0.15, 0.2) is 39.5 Å². The molecule has 0 saturated carbocycles. The maximum Gasteiger partial charge on any atom is 0.306 e. The highest BCUT2D eigenvalue weighted by molar-refractivity contribution is 5.71. The number of methoxy groups -OCH3 is 2. The van der Waals surface area contributed by atoms with Crippen LogP contribution in [-0.4, -0.2) is 43.3 Å². The van der Waals surface area contributed by atoms with Crippen molar-refractivity contribution < 1.29 is 23.8 Å². The Morgan fingerprint density at radius 2 is 1.86 bits per heavy atom. The van der Waals surface area contributed by atoms with E-state index < -0.39 is 23.1 Å². The van der Waals surface area contributed by atoms with Gasteiger partial charge in [-0.15, -0.1) is 0 Å². The van der Waals surface area contributed by atoms with Gasteiger partial charge in [-0.25, -0.2) is 0 Å². The van der Waals surface area contributed by atoms with Crippen LogP contribution in [0.5, 0.6) is 11.5 Å². The predicted octanol–water partition coefficient (Wildman–Crippen LogP) is 3.03. The van der Waals surface area contributed by atoms with Crippen LogP contribution in [0.25, 0.3) is 0 Å². The number of benzene rings is 1. The maximum atomic E-state index is 12.4. The zero-order valence-corrected chi connectivity index (χ0v) is 16.8. The highest BCUT2D eigenvalue weighted by atomic mass is 16.5. The first kappa shape index (κ1) is 20.9. The van der Waals surface area contributed by atoms with Crippen molar-refractivity contribution in [2.75, 3.05) is 27.3 Å². The summed E-state index contributed by atoms with van der Waals surface area (Å²) in [5, 5.41) is 10.4. The first-order valence-electron chi connectivity index (χ1n) is 9.80. The Bertz CT molecular complexity index is 883. The lowest BCUT2D eigenvalue weighted by atomic mass is 9.92. The van der Waals surface area contributed by atoms with Crippen LogP contribution in [0.3, 0.4) is 0 Å². The molecule has 156 valence electrons. The second-order valence-electron chi connectivity index (χ2n) is 7.23. The van der Waals surface area contributed by atoms with Crippen molar-refractivity contribution in [3.63, 3.8) is 0 Å². The number of nitrogens with zero attached hydrogens (tertiary/aromatic N) is 1. The molecule has 3 rings (SSSR count). The van der Waals surface area contributed by atoms with E-state index in [1.807, 2.05) is 0 Å². The predicted molar refractivity (Wildman–Crippen MR) is 107 cm³/mol. The third kappa shape index (κ3) is 5.17. The van der Waals surface area contributed by atoms with Crippen molar-refractivity contribution in [2.24, 2.45) is 0 Å². The monoisotopic (exact) mass is 401 g/mol. The first-order valence-corrected chi connectivity index (χ1v) is 9.80. The van der Waals surface area contributed by atoms with E-state index in [0.717, 1.165) is 25.9 Å². The molecule has 0 bridgehead atoms. The smallest absolute Gasteiger partial charge is 0.306 e. The molecule has 1 saturated heterocycles. The number of rotatable bonds is 7. The highest BCUT2D eigenvalue weighted by Crippen LogP contribution is 2.34. The summed E-state index contributed by atoms with van der Waals surface area (Å²) in [5.41, 5.74) is 0.200. The molecule has 1 aliphatic heterocycles. The Morgan fingerprint density at radius 3 is 2.48 bits per heavy atom. The van der Waals surface area contributed by atoms with Gasteiger partial charge in [0, 0.05) is 6.07 Å². The van der Waals surface area contributed by atoms with Gasteiger partial charge in [-0.3, -0.25) is 14.5 Å². The molecule has 2 heterocycles. The lowest BCUT2D eigenvalue weighted by Crippen LogP contribution is -2.29. The number of hydrogen-bond acceptors (Lipinski definition) is 7. The number of carbonyl (C=O) groups excluding carboxylic acids is 1. The van der Waals surface area contributed by atoms with Gasteiger partial charge in [0.05, 0.1) is 33.1 Å². The average molecular weight is 401 g/mol. The molecule has 7 heteroatoms. The normalized spacial score (nSPS) is 15.7. The van der Waals surface area contributed by atoms with Crippen molar-refractivity contribution in [2.45, 2.75) is 38.1 Å². The number of piperidine rings is 1. The van der Waals surface area contributed by atoms with E-state index >= 15 is 0 Å². The molecular formula is C22H27NO6. The second kappa shape index (κ2) is 9.60. The van der Waals surface area contributed by atoms with E-state index in [1.165, 1.54) is 19.6 Å². The molecule has 1 atom stereocenters. The zero-order chi connectivity index (χ0) is 20.8. The quantitative estimate of drug-likeness (QED) is 0.713. The molecule has 0 unspecified atom stereocenters. The van der Waals surface area contributed by atoms with E-state index in [-0.39, 0.29) is 12.2 Å². The fraction of sp³-hybridized carbons (Fsp3) is 0.455. The Morgan fingerprint density at radius 1 is 1.17 bits per heavy atom. The topological polar surface area (TPSA) is 89.2 Å². The zero-order valence-electron chi connectivity index (χ0n) is 16.8. The van der Waals surface area contributed by atoms with E-state index in [1.54, 1.807) is 31.4 Å². The third-order valence-electron chi connectivity index (χ3n) is 5.26. The summed E-state index contributed by atoms with van der Waals surface area (Å²) in [4.78, 5) is 26.7. The molecule has 1 aromatic heterocycles. The van der Waals surface area contributed by atoms with Crippen LogP contribution in [0.1, 0.15) is 48.7 Å². The van der Waals surface area contributed by atoms with Gasteiger partial charge in [0.1, 0.15) is 11.5 Å². The summed E-state index contributed by atoms with van der Waals surface area (Å²) in [6.07, 6.45) is 3.38. The van der Waals surface area contributed by atoms with Crippen molar-refractivity contribution in [1.82, 2.24) is 4.90 Å². The van der Waals surface area contributed by atoms with Gasteiger partial charge in [0.2, 0.25) is 11.2 Å². The molecule has 0 spiro atoms. The minimum atomic E-state index is -0.651. The molecule has 29 heavy (non-hydrogen) atoms. The molecule has 7 nitrogen and oxygen atoms in total. The van der Waals surface area contributed by atoms with Crippen molar-refractivity contribution in [3.8, 4) is 11.5 Å². The van der Waals surface area contributed by atoms with Crippen molar-refractivity contribution in [1.29, 1.82) is 0 Å². The van der Waals surface area contributed by atoms with E-state index in [2.05, 4.69) is 4.90 Å². The lowest BCUT2D eigenvalue weighted by molar-refractivity contribution is -0.140. The van der Waals surface area contributed by atoms with Crippen LogP contribution >= 0.6 is 0 Å². The van der Waals surface area contributed by atoms with Crippen molar-refractivity contribution in [3.05, 3.63) is 57.6 Å². The number of carbonyl (C=O) groups is 1. The minimum absolute atomic E-state index is 0.0630. The second-order valence-corrected chi connectivity index (χ2v) is 7.23. The van der Waals surface area contributed by atoms with Gasteiger partial charge in [-0.1, -0.05) is 18.6 Å². The van der Waals surface area contributed by atoms with Crippen LogP contribution in [0.2, 0.25) is 0 Å². The molecule has 0 amide bonds. The molecule has 1 fully saturated rings. The first-order chi connectivity index (χ1) is 14.0. The van der Waals surface area contributed by atoms with Crippen LogP contribution in [0, 0.1) is 0 Å². The molecule has 1 N–H and O–H groups in total. The lowest BCUT2D eigenvalue weighted by Gasteiger charge is -2.26. The van der Waals surface area contributed by atoms with Crippen LogP contribution in [0.4, 0.5) is 0 Å². The standard InChI is InChI=1S/C22H27NO6/c1-27-16-8-6-15(7-9-16)18(13-20(25)28-2)22-21(26)19(24)12-17(29-22)14-23-10-4-3-5-11-23/h6-9,12,18,26H,3-5,10-11,13-14H2,1-2H3/t18-/m1/s1. The van der Waals surface area contributed by atoms with Gasteiger partial charge < -0.3 is 19.0 Å². The van der Waals surface area contributed by atoms with Gasteiger partial charge >= 0.3 is 5.97 Å². The van der Waals surface area contributed by atoms with Crippen LogP contribution in [-0.2, 0) is 16.1 Å². The SMILES string of the molecule is COC(=O)C[C@H](c1ccc(OC)cc1)c1oc(CN2CCCCC2)cc(=O)c1O. The molecule has 1 aliphatic rings. The number of ether oxygens (including phenoxy) is 2. The van der Waals surface area contributed by atoms with Crippen LogP contribution < -0.4 is 10.2 Å². The minimum Gasteiger partial charge on any atom is -0.502 e.